The van der Waals surface area contributed by atoms with Crippen molar-refractivity contribution in [2.24, 2.45) is 0 Å². The number of benzene rings is 2. The fourth-order valence-electron chi connectivity index (χ4n) is 2.31. The maximum Gasteiger partial charge on any atom is 0.134 e. The van der Waals surface area contributed by atoms with E-state index in [1.165, 1.54) is 15.6 Å². The molecule has 88 valence electrons. The van der Waals surface area contributed by atoms with Crippen molar-refractivity contribution in [1.29, 1.82) is 0 Å². The van der Waals surface area contributed by atoms with E-state index in [1.807, 2.05) is 0 Å². The second kappa shape index (κ2) is 5.34. The zero-order chi connectivity index (χ0) is 12.2. The van der Waals surface area contributed by atoms with E-state index in [4.69, 9.17) is 0 Å². The highest BCUT2D eigenvalue weighted by Gasteiger charge is 2.18. The summed E-state index contributed by atoms with van der Waals surface area (Å²) in [6.45, 7) is 0. The Kier molecular flexibility index (Phi) is 3.39. The molecule has 0 unspecified atom stereocenters. The molecule has 0 amide bonds. The average Bonchev–Trinajstić information content (AvgIpc) is 2.95. The zero-order valence-corrected chi connectivity index (χ0v) is 12.0. The van der Waals surface area contributed by atoms with Gasteiger partial charge in [0.15, 0.2) is 0 Å². The Labute approximate surface area is 113 Å². The van der Waals surface area contributed by atoms with Gasteiger partial charge in [0, 0.05) is 0 Å². The van der Waals surface area contributed by atoms with Crippen LogP contribution in [-0.2, 0) is 0 Å². The number of hydrogen-bond acceptors (Lipinski definition) is 1. The zero-order valence-electron chi connectivity index (χ0n) is 9.99. The molecule has 0 spiro atoms. The van der Waals surface area contributed by atoms with Crippen LogP contribution in [0.4, 0.5) is 0 Å². The fraction of sp³-hybridized carbons (Fsp3) is 0. The van der Waals surface area contributed by atoms with Crippen LogP contribution in [0.5, 0.6) is 0 Å². The third kappa shape index (κ3) is 2.30. The van der Waals surface area contributed by atoms with Gasteiger partial charge in [-0.05, 0) is 15.9 Å². The molecule has 2 aromatic carbocycles. The van der Waals surface area contributed by atoms with Gasteiger partial charge in [-0.1, -0.05) is 77.1 Å². The summed E-state index contributed by atoms with van der Waals surface area (Å²) < 4.78 is 0. The summed E-state index contributed by atoms with van der Waals surface area (Å²) in [5, 5.41) is 8.97. The van der Waals surface area contributed by atoms with Crippen LogP contribution in [0.2, 0.25) is 0 Å². The van der Waals surface area contributed by atoms with Crippen molar-refractivity contribution in [2.75, 3.05) is 0 Å². The lowest BCUT2D eigenvalue weighted by Gasteiger charge is -2.15. The highest BCUT2D eigenvalue weighted by atomic mass is 32.1. The summed E-state index contributed by atoms with van der Waals surface area (Å²) in [6, 6.07) is 24.1. The highest BCUT2D eigenvalue weighted by Crippen LogP contribution is 1.99. The van der Waals surface area contributed by atoms with Gasteiger partial charge in [0.05, 0.1) is 0 Å². The molecule has 0 saturated carbocycles. The highest BCUT2D eigenvalue weighted by molar-refractivity contribution is 7.10. The van der Waals surface area contributed by atoms with Crippen LogP contribution in [0.25, 0.3) is 0 Å². The van der Waals surface area contributed by atoms with E-state index in [9.17, 15) is 0 Å². The molecule has 0 saturated heterocycles. The van der Waals surface area contributed by atoms with Crippen molar-refractivity contribution in [3.63, 3.8) is 0 Å². The normalized spacial score (nSPS) is 10.7. The van der Waals surface area contributed by atoms with Crippen molar-refractivity contribution in [3.05, 3.63) is 77.5 Å². The summed E-state index contributed by atoms with van der Waals surface area (Å²) in [4.78, 5) is 0. The largest absolute Gasteiger partial charge is 0.153 e. The number of rotatable bonds is 3. The lowest BCUT2D eigenvalue weighted by Crippen LogP contribution is -2.51. The minimum Gasteiger partial charge on any atom is -0.153 e. The van der Waals surface area contributed by atoms with Gasteiger partial charge in [-0.15, -0.1) is 0 Å². The molecule has 0 aliphatic rings. The van der Waals surface area contributed by atoms with Crippen LogP contribution in [0.15, 0.2) is 77.5 Å². The van der Waals surface area contributed by atoms with E-state index in [0.29, 0.717) is 0 Å². The fourth-order valence-corrected chi connectivity index (χ4v) is 6.43. The summed E-state index contributed by atoms with van der Waals surface area (Å²) in [7, 11) is -1.25. The van der Waals surface area contributed by atoms with E-state index in [1.54, 1.807) is 11.3 Å². The molecule has 0 fully saturated rings. The summed E-state index contributed by atoms with van der Waals surface area (Å²) >= 11 is 1.79. The average molecular weight is 266 g/mol. The van der Waals surface area contributed by atoms with Crippen LogP contribution in [0.1, 0.15) is 0 Å². The standard InChI is InChI=1S/C16H14SSi/c1-3-7-14(8-4-1)18(16-11-12-17-13-16)15-9-5-2-6-10-15/h1-13,18H. The molecular weight excluding hydrogens is 252 g/mol. The first-order chi connectivity index (χ1) is 8.95. The van der Waals surface area contributed by atoms with E-state index in [-0.39, 0.29) is 0 Å². The van der Waals surface area contributed by atoms with Crippen molar-refractivity contribution in [3.8, 4) is 0 Å². The predicted molar refractivity (Wildman–Crippen MR) is 83.3 cm³/mol. The van der Waals surface area contributed by atoms with Crippen molar-refractivity contribution in [1.82, 2.24) is 0 Å². The Morgan fingerprint density at radius 2 is 1.17 bits per heavy atom. The molecule has 0 radical (unpaired) electrons. The molecular formula is C16H14SSi. The number of thiophene rings is 1. The maximum atomic E-state index is 2.30. The van der Waals surface area contributed by atoms with Gasteiger partial charge in [0.1, 0.15) is 8.80 Å². The quantitative estimate of drug-likeness (QED) is 0.636. The second-order valence-corrected chi connectivity index (χ2v) is 7.96. The van der Waals surface area contributed by atoms with Crippen LogP contribution in [0.3, 0.4) is 0 Å². The van der Waals surface area contributed by atoms with Crippen LogP contribution in [-0.4, -0.2) is 8.80 Å². The Hall–Kier alpha value is -1.64. The molecule has 0 aliphatic heterocycles. The van der Waals surface area contributed by atoms with Gasteiger partial charge in [-0.3, -0.25) is 0 Å². The van der Waals surface area contributed by atoms with Gasteiger partial charge in [0.2, 0.25) is 0 Å². The van der Waals surface area contributed by atoms with Crippen LogP contribution < -0.4 is 15.6 Å². The smallest absolute Gasteiger partial charge is 0.134 e. The van der Waals surface area contributed by atoms with E-state index in [0.717, 1.165) is 0 Å². The summed E-state index contributed by atoms with van der Waals surface area (Å²) in [6.07, 6.45) is 0. The van der Waals surface area contributed by atoms with Crippen molar-refractivity contribution >= 4 is 35.7 Å². The molecule has 1 aromatic heterocycles. The summed E-state index contributed by atoms with van der Waals surface area (Å²) in [5.41, 5.74) is 0. The molecule has 3 rings (SSSR count). The van der Waals surface area contributed by atoms with E-state index < -0.39 is 8.80 Å². The molecule has 0 nitrogen and oxygen atoms in total. The van der Waals surface area contributed by atoms with E-state index in [2.05, 4.69) is 77.5 Å². The molecule has 2 heteroatoms. The monoisotopic (exact) mass is 266 g/mol. The predicted octanol–water partition coefficient (Wildman–Crippen LogP) is 2.00. The SMILES string of the molecule is c1ccc([SiH](c2ccccc2)c2ccsc2)cc1. The summed E-state index contributed by atoms with van der Waals surface area (Å²) in [5.74, 6) is 0. The van der Waals surface area contributed by atoms with Crippen LogP contribution in [0, 0.1) is 0 Å². The van der Waals surface area contributed by atoms with Gasteiger partial charge in [0.25, 0.3) is 0 Å². The first-order valence-electron chi connectivity index (χ1n) is 6.07. The van der Waals surface area contributed by atoms with Gasteiger partial charge in [-0.25, -0.2) is 0 Å². The van der Waals surface area contributed by atoms with Crippen molar-refractivity contribution < 1.29 is 0 Å². The molecule has 0 bridgehead atoms. The van der Waals surface area contributed by atoms with Gasteiger partial charge < -0.3 is 0 Å². The lowest BCUT2D eigenvalue weighted by atomic mass is 10.4. The third-order valence-electron chi connectivity index (χ3n) is 3.14. The molecule has 0 atom stereocenters. The molecule has 0 aliphatic carbocycles. The minimum atomic E-state index is -1.25. The molecule has 3 aromatic rings. The second-order valence-electron chi connectivity index (χ2n) is 4.31. The lowest BCUT2D eigenvalue weighted by molar-refractivity contribution is 1.73. The van der Waals surface area contributed by atoms with Crippen molar-refractivity contribution in [2.45, 2.75) is 0 Å². The Morgan fingerprint density at radius 3 is 1.61 bits per heavy atom. The minimum absolute atomic E-state index is 1.25. The van der Waals surface area contributed by atoms with Crippen LogP contribution >= 0.6 is 11.3 Å². The maximum absolute atomic E-state index is 2.30. The van der Waals surface area contributed by atoms with Gasteiger partial charge >= 0.3 is 0 Å². The Morgan fingerprint density at radius 1 is 0.611 bits per heavy atom. The topological polar surface area (TPSA) is 0 Å². The first-order valence-corrected chi connectivity index (χ1v) is 8.74. The van der Waals surface area contributed by atoms with E-state index >= 15 is 0 Å². The molecule has 1 heterocycles. The molecule has 18 heavy (non-hydrogen) atoms. The Bertz CT molecular complexity index is 548. The third-order valence-corrected chi connectivity index (χ3v) is 7.21. The molecule has 0 N–H and O–H groups in total. The first kappa shape index (κ1) is 11.4. The number of hydrogen-bond donors (Lipinski definition) is 0. The van der Waals surface area contributed by atoms with Gasteiger partial charge in [-0.2, -0.15) is 11.3 Å². The Balaban J connectivity index is 2.11.